The van der Waals surface area contributed by atoms with Crippen LogP contribution in [0.25, 0.3) is 11.0 Å². The van der Waals surface area contributed by atoms with Crippen LogP contribution in [0.1, 0.15) is 30.1 Å². The highest BCUT2D eigenvalue weighted by atomic mass is 32.2. The molecule has 9 nitrogen and oxygen atoms in total. The summed E-state index contributed by atoms with van der Waals surface area (Å²) in [4.78, 5) is 17.8. The molecule has 1 fully saturated rings. The van der Waals surface area contributed by atoms with Crippen molar-refractivity contribution in [1.29, 1.82) is 0 Å². The van der Waals surface area contributed by atoms with Crippen molar-refractivity contribution < 1.29 is 17.9 Å². The molecule has 1 aliphatic heterocycles. The van der Waals surface area contributed by atoms with E-state index in [2.05, 4.69) is 20.7 Å². The highest BCUT2D eigenvalue weighted by Crippen LogP contribution is 2.29. The largest absolute Gasteiger partial charge is 0.381 e. The molecule has 0 atom stereocenters. The van der Waals surface area contributed by atoms with Crippen molar-refractivity contribution >= 4 is 38.2 Å². The summed E-state index contributed by atoms with van der Waals surface area (Å²) in [6, 6.07) is 6.36. The number of rotatable bonds is 6. The first-order valence-corrected chi connectivity index (χ1v) is 12.1. The summed E-state index contributed by atoms with van der Waals surface area (Å²) in [5, 5.41) is 11.5. The second kappa shape index (κ2) is 8.64. The first kappa shape index (κ1) is 21.3. The monoisotopic (exact) mass is 443 g/mol. The number of aromatic nitrogens is 3. The fourth-order valence-corrected chi connectivity index (χ4v) is 4.30. The van der Waals surface area contributed by atoms with Crippen molar-refractivity contribution in [3.63, 3.8) is 0 Å². The van der Waals surface area contributed by atoms with Gasteiger partial charge in [-0.1, -0.05) is 6.07 Å². The van der Waals surface area contributed by atoms with Crippen LogP contribution < -0.4 is 10.6 Å². The number of aryl methyl sites for hydroxylation is 1. The number of fused-ring (bicyclic) bond motifs is 1. The summed E-state index contributed by atoms with van der Waals surface area (Å²) < 4.78 is 30.9. The van der Waals surface area contributed by atoms with Gasteiger partial charge in [0.05, 0.1) is 27.7 Å². The number of hydrogen-bond acceptors (Lipinski definition) is 7. The number of nitrogens with zero attached hydrogens (tertiary/aromatic N) is 3. The average Bonchev–Trinajstić information content (AvgIpc) is 3.18. The number of sulfone groups is 1. The molecular weight excluding hydrogens is 418 g/mol. The van der Waals surface area contributed by atoms with Gasteiger partial charge in [0, 0.05) is 43.9 Å². The minimum absolute atomic E-state index is 0.142. The van der Waals surface area contributed by atoms with Crippen LogP contribution in [0, 0.1) is 0 Å². The number of carbonyl (C=O) groups excluding carboxylic acids is 1. The quantitative estimate of drug-likeness (QED) is 0.602. The Kier molecular flexibility index (Phi) is 5.92. The summed E-state index contributed by atoms with van der Waals surface area (Å²) in [6.07, 6.45) is 6.06. The molecule has 1 saturated heterocycles. The van der Waals surface area contributed by atoms with Crippen LogP contribution in [0.4, 0.5) is 11.4 Å². The van der Waals surface area contributed by atoms with E-state index in [1.807, 2.05) is 6.92 Å². The zero-order chi connectivity index (χ0) is 22.0. The molecule has 0 spiro atoms. The van der Waals surface area contributed by atoms with Crippen LogP contribution in [-0.2, 0) is 21.1 Å². The molecule has 164 valence electrons. The molecule has 10 heteroatoms. The average molecular weight is 444 g/mol. The van der Waals surface area contributed by atoms with Gasteiger partial charge in [-0.15, -0.1) is 0 Å². The van der Waals surface area contributed by atoms with Crippen molar-refractivity contribution in [3.8, 4) is 0 Å². The van der Waals surface area contributed by atoms with Crippen molar-refractivity contribution in [2.75, 3.05) is 30.1 Å². The Labute approximate surface area is 180 Å². The molecule has 0 aliphatic carbocycles. The normalized spacial score (nSPS) is 15.2. The summed E-state index contributed by atoms with van der Waals surface area (Å²) >= 11 is 0. The summed E-state index contributed by atoms with van der Waals surface area (Å²) in [6.45, 7) is 3.98. The number of hydrogen-bond donors (Lipinski definition) is 2. The first-order chi connectivity index (χ1) is 14.9. The molecule has 4 rings (SSSR count). The van der Waals surface area contributed by atoms with E-state index in [0.717, 1.165) is 24.5 Å². The molecular formula is C21H25N5O4S. The lowest BCUT2D eigenvalue weighted by Crippen LogP contribution is -2.29. The van der Waals surface area contributed by atoms with Crippen molar-refractivity contribution in [2.45, 2.75) is 37.2 Å². The van der Waals surface area contributed by atoms with Gasteiger partial charge in [0.15, 0.2) is 15.5 Å². The maximum atomic E-state index is 13.2. The molecule has 1 aliphatic rings. The molecule has 1 amide bonds. The van der Waals surface area contributed by atoms with E-state index in [-0.39, 0.29) is 16.8 Å². The minimum Gasteiger partial charge on any atom is -0.381 e. The Morgan fingerprint density at radius 2 is 2.03 bits per heavy atom. The number of carbonyl (C=O) groups is 1. The lowest BCUT2D eigenvalue weighted by atomic mass is 10.1. The SMILES string of the molecule is CCn1ncc2c(NC3CCOCC3)c(C(=O)Nc3cccc(S(C)(=O)=O)c3)cnc21. The Morgan fingerprint density at radius 1 is 1.26 bits per heavy atom. The summed E-state index contributed by atoms with van der Waals surface area (Å²) in [5.41, 5.74) is 2.15. The molecule has 0 unspecified atom stereocenters. The lowest BCUT2D eigenvalue weighted by Gasteiger charge is -2.25. The Bertz CT molecular complexity index is 1220. The highest BCUT2D eigenvalue weighted by Gasteiger charge is 2.22. The van der Waals surface area contributed by atoms with E-state index in [0.29, 0.717) is 42.3 Å². The van der Waals surface area contributed by atoms with Gasteiger partial charge in [0.25, 0.3) is 5.91 Å². The fraction of sp³-hybridized carbons (Fsp3) is 0.381. The van der Waals surface area contributed by atoms with Gasteiger partial charge in [-0.2, -0.15) is 5.10 Å². The Hall–Kier alpha value is -2.98. The van der Waals surface area contributed by atoms with Gasteiger partial charge >= 0.3 is 0 Å². The van der Waals surface area contributed by atoms with Crippen LogP contribution in [0.2, 0.25) is 0 Å². The van der Waals surface area contributed by atoms with Crippen molar-refractivity contribution in [1.82, 2.24) is 14.8 Å². The zero-order valence-corrected chi connectivity index (χ0v) is 18.3. The third kappa shape index (κ3) is 4.54. The second-order valence-electron chi connectivity index (χ2n) is 7.53. The molecule has 0 saturated carbocycles. The predicted molar refractivity (Wildman–Crippen MR) is 118 cm³/mol. The highest BCUT2D eigenvalue weighted by molar-refractivity contribution is 7.90. The van der Waals surface area contributed by atoms with E-state index in [1.165, 1.54) is 18.3 Å². The first-order valence-electron chi connectivity index (χ1n) is 10.2. The van der Waals surface area contributed by atoms with Gasteiger partial charge < -0.3 is 15.4 Å². The number of amides is 1. The topological polar surface area (TPSA) is 115 Å². The molecule has 0 radical (unpaired) electrons. The number of nitrogens with one attached hydrogen (secondary N) is 2. The van der Waals surface area contributed by atoms with Crippen LogP contribution in [0.5, 0.6) is 0 Å². The van der Waals surface area contributed by atoms with Gasteiger partial charge in [0.2, 0.25) is 0 Å². The third-order valence-electron chi connectivity index (χ3n) is 5.30. The third-order valence-corrected chi connectivity index (χ3v) is 6.41. The number of ether oxygens (including phenoxy) is 1. The Balaban J connectivity index is 1.70. The molecule has 3 aromatic rings. The molecule has 31 heavy (non-hydrogen) atoms. The summed E-state index contributed by atoms with van der Waals surface area (Å²) in [5.74, 6) is -0.376. The van der Waals surface area contributed by atoms with Crippen molar-refractivity contribution in [2.24, 2.45) is 0 Å². The Morgan fingerprint density at radius 3 is 2.74 bits per heavy atom. The second-order valence-corrected chi connectivity index (χ2v) is 9.55. The number of benzene rings is 1. The zero-order valence-electron chi connectivity index (χ0n) is 17.5. The van der Waals surface area contributed by atoms with Gasteiger partial charge in [-0.05, 0) is 38.0 Å². The van der Waals surface area contributed by atoms with Gasteiger partial charge in [-0.25, -0.2) is 18.1 Å². The van der Waals surface area contributed by atoms with E-state index >= 15 is 0 Å². The molecule has 2 N–H and O–H groups in total. The van der Waals surface area contributed by atoms with Crippen molar-refractivity contribution in [3.05, 3.63) is 42.2 Å². The predicted octanol–water partition coefficient (Wildman–Crippen LogP) is 2.70. The van der Waals surface area contributed by atoms with Gasteiger partial charge in [-0.3, -0.25) is 4.79 Å². The van der Waals surface area contributed by atoms with Crippen LogP contribution in [0.15, 0.2) is 41.6 Å². The molecule has 0 bridgehead atoms. The smallest absolute Gasteiger partial charge is 0.259 e. The van der Waals surface area contributed by atoms with Crippen LogP contribution >= 0.6 is 0 Å². The number of pyridine rings is 1. The van der Waals surface area contributed by atoms with Gasteiger partial charge in [0.1, 0.15) is 0 Å². The maximum Gasteiger partial charge on any atom is 0.259 e. The lowest BCUT2D eigenvalue weighted by molar-refractivity contribution is 0.0904. The minimum atomic E-state index is -3.38. The molecule has 2 aromatic heterocycles. The maximum absolute atomic E-state index is 13.2. The number of anilines is 2. The van der Waals surface area contributed by atoms with E-state index < -0.39 is 9.84 Å². The van der Waals surface area contributed by atoms with E-state index in [9.17, 15) is 13.2 Å². The van der Waals surface area contributed by atoms with E-state index in [1.54, 1.807) is 23.0 Å². The van der Waals surface area contributed by atoms with E-state index in [4.69, 9.17) is 4.74 Å². The molecule has 3 heterocycles. The summed E-state index contributed by atoms with van der Waals surface area (Å²) in [7, 11) is -3.38. The van der Waals surface area contributed by atoms with Crippen LogP contribution in [0.3, 0.4) is 0 Å². The van der Waals surface area contributed by atoms with Crippen LogP contribution in [-0.4, -0.2) is 54.6 Å². The molecule has 1 aromatic carbocycles. The fourth-order valence-electron chi connectivity index (χ4n) is 3.63. The standard InChI is InChI=1S/C21H25N5O4S/c1-3-26-20-17(13-23-26)19(24-14-7-9-30-10-8-14)18(12-22-20)21(27)25-15-5-4-6-16(11-15)31(2,28)29/h4-6,11-14H,3,7-10H2,1-2H3,(H,22,24)(H,25,27).